The Labute approximate surface area is 115 Å². The molecule has 0 atom stereocenters. The smallest absolute Gasteiger partial charge is 0.207 e. The fourth-order valence-electron chi connectivity index (χ4n) is 1.40. The summed E-state index contributed by atoms with van der Waals surface area (Å²) in [4.78, 5) is 26.0. The van der Waals surface area contributed by atoms with Crippen LogP contribution in [0, 0.1) is 0 Å². The quantitative estimate of drug-likeness (QED) is 0.699. The third kappa shape index (κ3) is 3.66. The molecule has 0 saturated carbocycles. The molecule has 0 saturated heterocycles. The predicted molar refractivity (Wildman–Crippen MR) is 79.5 cm³/mol. The van der Waals surface area contributed by atoms with Crippen LogP contribution in [0.25, 0.3) is 0 Å². The molecular weight excluding hydrogens is 272 g/mol. The Morgan fingerprint density at radius 3 is 1.94 bits per heavy atom. The summed E-state index contributed by atoms with van der Waals surface area (Å²) in [6, 6.07) is 0. The van der Waals surface area contributed by atoms with Crippen molar-refractivity contribution in [2.24, 2.45) is 0 Å². The molecule has 0 radical (unpaired) electrons. The molecule has 0 aromatic rings. The summed E-state index contributed by atoms with van der Waals surface area (Å²) in [6.45, 7) is 5.97. The number of hydrogen-bond donors (Lipinski definition) is 0. The van der Waals surface area contributed by atoms with Crippen molar-refractivity contribution in [2.45, 2.75) is 20.8 Å². The van der Waals surface area contributed by atoms with Crippen LogP contribution in [0.1, 0.15) is 20.8 Å². The Hall–Kier alpha value is -0.130. The van der Waals surface area contributed by atoms with Crippen LogP contribution in [-0.2, 0) is 9.59 Å². The average molecular weight is 288 g/mol. The van der Waals surface area contributed by atoms with E-state index >= 15 is 0 Å². The summed E-state index contributed by atoms with van der Waals surface area (Å²) in [5.74, 6) is 2.45. The molecule has 17 heavy (non-hydrogen) atoms. The molecule has 5 heteroatoms. The fourth-order valence-corrected chi connectivity index (χ4v) is 4.02. The van der Waals surface area contributed by atoms with Gasteiger partial charge in [-0.3, -0.25) is 9.59 Å². The minimum Gasteiger partial charge on any atom is -0.289 e. The van der Waals surface area contributed by atoms with Gasteiger partial charge in [-0.25, -0.2) is 0 Å². The van der Waals surface area contributed by atoms with Gasteiger partial charge in [0.15, 0.2) is 5.78 Å². The van der Waals surface area contributed by atoms with E-state index in [2.05, 4.69) is 0 Å². The van der Waals surface area contributed by atoms with E-state index in [-0.39, 0.29) is 11.6 Å². The van der Waals surface area contributed by atoms with E-state index in [0.717, 1.165) is 17.3 Å². The molecule has 1 aliphatic carbocycles. The highest BCUT2D eigenvalue weighted by Gasteiger charge is 2.28. The first-order valence-corrected chi connectivity index (χ1v) is 8.54. The number of allylic oxidation sites excluding steroid dienone is 4. The number of Topliss-reactive ketones (excluding diaryl/α,β-unsaturated/α-hetero) is 1. The summed E-state index contributed by atoms with van der Waals surface area (Å²) in [5, 5.41) is 0. The van der Waals surface area contributed by atoms with Crippen molar-refractivity contribution >= 4 is 46.9 Å². The van der Waals surface area contributed by atoms with Gasteiger partial charge in [0.05, 0.1) is 14.7 Å². The number of rotatable bonds is 6. The fraction of sp³-hybridized carbons (Fsp3) is 0.500. The molecule has 0 aliphatic heterocycles. The number of hydrogen-bond acceptors (Lipinski definition) is 5. The van der Waals surface area contributed by atoms with E-state index in [9.17, 15) is 9.59 Å². The van der Waals surface area contributed by atoms with Crippen LogP contribution in [0.5, 0.6) is 0 Å². The zero-order valence-corrected chi connectivity index (χ0v) is 12.7. The lowest BCUT2D eigenvalue weighted by atomic mass is 10.1. The minimum atomic E-state index is -0.0108. The lowest BCUT2D eigenvalue weighted by Crippen LogP contribution is -2.15. The first kappa shape index (κ1) is 14.9. The van der Waals surface area contributed by atoms with E-state index in [1.165, 1.54) is 41.4 Å². The Bertz CT molecular complexity index is 383. The maximum Gasteiger partial charge on any atom is 0.207 e. The third-order valence-corrected chi connectivity index (χ3v) is 4.98. The molecule has 94 valence electrons. The van der Waals surface area contributed by atoms with E-state index in [0.29, 0.717) is 14.7 Å². The van der Waals surface area contributed by atoms with Gasteiger partial charge < -0.3 is 0 Å². The molecule has 2 nitrogen and oxygen atoms in total. The maximum absolute atomic E-state index is 12.2. The van der Waals surface area contributed by atoms with Crippen molar-refractivity contribution in [1.29, 1.82) is 0 Å². The normalized spacial score (nSPS) is 16.5. The molecule has 0 aromatic carbocycles. The number of ketones is 2. The number of carbonyl (C=O) groups excluding carboxylic acids is 2. The zero-order valence-electron chi connectivity index (χ0n) is 10.2. The van der Waals surface area contributed by atoms with Gasteiger partial charge >= 0.3 is 0 Å². The lowest BCUT2D eigenvalue weighted by Gasteiger charge is -2.16. The highest BCUT2D eigenvalue weighted by atomic mass is 32.2. The second kappa shape index (κ2) is 7.34. The molecule has 0 fully saturated rings. The van der Waals surface area contributed by atoms with Crippen LogP contribution in [0.3, 0.4) is 0 Å². The highest BCUT2D eigenvalue weighted by molar-refractivity contribution is 8.08. The monoisotopic (exact) mass is 288 g/mol. The third-order valence-electron chi connectivity index (χ3n) is 2.00. The second-order valence-corrected chi connectivity index (χ2v) is 7.01. The van der Waals surface area contributed by atoms with E-state index in [4.69, 9.17) is 0 Å². The molecule has 0 amide bonds. The summed E-state index contributed by atoms with van der Waals surface area (Å²) in [7, 11) is 0. The van der Waals surface area contributed by atoms with Crippen molar-refractivity contribution in [1.82, 2.24) is 0 Å². The van der Waals surface area contributed by atoms with Crippen LogP contribution < -0.4 is 0 Å². The highest BCUT2D eigenvalue weighted by Crippen LogP contribution is 2.37. The first-order chi connectivity index (χ1) is 8.15. The number of carbonyl (C=O) groups is 2. The van der Waals surface area contributed by atoms with E-state index in [1.807, 2.05) is 20.8 Å². The summed E-state index contributed by atoms with van der Waals surface area (Å²) < 4.78 is 0. The molecule has 0 unspecified atom stereocenters. The van der Waals surface area contributed by atoms with Gasteiger partial charge in [-0.05, 0) is 17.3 Å². The molecule has 0 bridgehead atoms. The standard InChI is InChI=1S/C12H16O2S3/c1-4-15-9-7-8(13)11(16-5-2)12(10(9)14)17-6-3/h7H,4-6H2,1-3H3. The van der Waals surface area contributed by atoms with E-state index in [1.54, 1.807) is 0 Å². The van der Waals surface area contributed by atoms with Crippen LogP contribution >= 0.6 is 35.3 Å². The zero-order chi connectivity index (χ0) is 12.8. The Morgan fingerprint density at radius 2 is 1.41 bits per heavy atom. The van der Waals surface area contributed by atoms with Crippen LogP contribution in [0.2, 0.25) is 0 Å². The topological polar surface area (TPSA) is 34.1 Å². The molecular formula is C12H16O2S3. The Morgan fingerprint density at radius 1 is 0.882 bits per heavy atom. The van der Waals surface area contributed by atoms with Crippen LogP contribution in [0.4, 0.5) is 0 Å². The van der Waals surface area contributed by atoms with Gasteiger partial charge in [-0.1, -0.05) is 20.8 Å². The van der Waals surface area contributed by atoms with Gasteiger partial charge in [-0.2, -0.15) is 0 Å². The second-order valence-electron chi connectivity index (χ2n) is 3.16. The molecule has 1 aliphatic rings. The SMILES string of the molecule is CCSC1=CC(=O)C(SCC)=C(SCC)C1=O. The van der Waals surface area contributed by atoms with Gasteiger partial charge in [-0.15, -0.1) is 35.3 Å². The van der Waals surface area contributed by atoms with E-state index < -0.39 is 0 Å². The van der Waals surface area contributed by atoms with Crippen molar-refractivity contribution in [3.05, 3.63) is 20.8 Å². The predicted octanol–water partition coefficient (Wildman–Crippen LogP) is 3.49. The van der Waals surface area contributed by atoms with Crippen LogP contribution in [-0.4, -0.2) is 28.8 Å². The molecule has 1 rings (SSSR count). The summed E-state index contributed by atoms with van der Waals surface area (Å²) in [6.07, 6.45) is 1.49. The van der Waals surface area contributed by atoms with Crippen molar-refractivity contribution in [2.75, 3.05) is 17.3 Å². The molecule has 0 heterocycles. The van der Waals surface area contributed by atoms with Gasteiger partial charge in [0.2, 0.25) is 5.78 Å². The van der Waals surface area contributed by atoms with Gasteiger partial charge in [0.25, 0.3) is 0 Å². The van der Waals surface area contributed by atoms with Gasteiger partial charge in [0, 0.05) is 6.08 Å². The van der Waals surface area contributed by atoms with Crippen molar-refractivity contribution in [3.63, 3.8) is 0 Å². The lowest BCUT2D eigenvalue weighted by molar-refractivity contribution is -0.114. The Balaban J connectivity index is 3.06. The Kier molecular flexibility index (Phi) is 6.44. The first-order valence-electron chi connectivity index (χ1n) is 5.59. The number of thioether (sulfide) groups is 3. The summed E-state index contributed by atoms with van der Waals surface area (Å²) >= 11 is 4.39. The minimum absolute atomic E-state index is 0.0108. The average Bonchev–Trinajstić information content (AvgIpc) is 2.30. The molecule has 0 spiro atoms. The van der Waals surface area contributed by atoms with Crippen LogP contribution in [0.15, 0.2) is 20.8 Å². The summed E-state index contributed by atoms with van der Waals surface area (Å²) in [5.41, 5.74) is 0. The van der Waals surface area contributed by atoms with Crippen molar-refractivity contribution < 1.29 is 9.59 Å². The molecule has 0 N–H and O–H groups in total. The van der Waals surface area contributed by atoms with Crippen molar-refractivity contribution in [3.8, 4) is 0 Å². The van der Waals surface area contributed by atoms with Gasteiger partial charge in [0.1, 0.15) is 0 Å². The molecule has 0 aromatic heterocycles. The largest absolute Gasteiger partial charge is 0.289 e. The maximum atomic E-state index is 12.2.